The van der Waals surface area contributed by atoms with E-state index < -0.39 is 0 Å². The molecule has 0 aliphatic rings. The molecule has 5 heteroatoms. The van der Waals surface area contributed by atoms with Crippen molar-refractivity contribution in [1.82, 2.24) is 14.8 Å². The van der Waals surface area contributed by atoms with Crippen LogP contribution in [0, 0.1) is 5.82 Å². The smallest absolute Gasteiger partial charge is 0.164 e. The first-order chi connectivity index (χ1) is 7.25. The van der Waals surface area contributed by atoms with Crippen LogP contribution >= 0.6 is 0 Å². The molecule has 0 aliphatic carbocycles. The van der Waals surface area contributed by atoms with Crippen molar-refractivity contribution in [1.29, 1.82) is 0 Å². The van der Waals surface area contributed by atoms with Crippen molar-refractivity contribution in [2.24, 2.45) is 7.05 Å². The summed E-state index contributed by atoms with van der Waals surface area (Å²) < 4.78 is 19.8. The van der Waals surface area contributed by atoms with E-state index in [1.54, 1.807) is 23.9 Å². The number of ether oxygens (including phenoxy) is 1. The van der Waals surface area contributed by atoms with E-state index in [-0.39, 0.29) is 12.4 Å². The summed E-state index contributed by atoms with van der Waals surface area (Å²) in [7, 11) is 1.78. The molecule has 2 rings (SSSR count). The lowest BCUT2D eigenvalue weighted by atomic mass is 10.3. The van der Waals surface area contributed by atoms with Crippen molar-refractivity contribution in [2.45, 2.75) is 6.61 Å². The highest BCUT2D eigenvalue weighted by atomic mass is 19.1. The van der Waals surface area contributed by atoms with E-state index in [9.17, 15) is 4.39 Å². The highest BCUT2D eigenvalue weighted by Crippen LogP contribution is 2.13. The lowest BCUT2D eigenvalue weighted by Crippen LogP contribution is -2.04. The molecular formula is C10H10FN3O. The Morgan fingerprint density at radius 1 is 1.47 bits per heavy atom. The van der Waals surface area contributed by atoms with Gasteiger partial charge in [0, 0.05) is 13.1 Å². The first-order valence-electron chi connectivity index (χ1n) is 4.47. The van der Waals surface area contributed by atoms with Gasteiger partial charge in [0.2, 0.25) is 0 Å². The summed E-state index contributed by atoms with van der Waals surface area (Å²) in [6, 6.07) is 5.99. The van der Waals surface area contributed by atoms with Crippen LogP contribution in [0.25, 0.3) is 0 Å². The summed E-state index contributed by atoms with van der Waals surface area (Å²) in [6.45, 7) is 0.278. The van der Waals surface area contributed by atoms with Crippen molar-refractivity contribution in [2.75, 3.05) is 0 Å². The molecule has 1 aromatic heterocycles. The van der Waals surface area contributed by atoms with Gasteiger partial charge in [-0.25, -0.2) is 9.37 Å². The van der Waals surface area contributed by atoms with Gasteiger partial charge in [0.05, 0.1) is 0 Å². The van der Waals surface area contributed by atoms with Gasteiger partial charge in [-0.05, 0) is 12.1 Å². The molecule has 0 bridgehead atoms. The fourth-order valence-corrected chi connectivity index (χ4v) is 1.16. The van der Waals surface area contributed by atoms with E-state index in [0.717, 1.165) is 0 Å². The Kier molecular flexibility index (Phi) is 2.62. The molecule has 0 unspecified atom stereocenters. The Morgan fingerprint density at radius 2 is 2.33 bits per heavy atom. The normalized spacial score (nSPS) is 10.3. The van der Waals surface area contributed by atoms with E-state index in [1.807, 2.05) is 0 Å². The fraction of sp³-hybridized carbons (Fsp3) is 0.200. The number of aromatic nitrogens is 3. The molecule has 0 amide bonds. The summed E-state index contributed by atoms with van der Waals surface area (Å²) in [5.41, 5.74) is 0. The van der Waals surface area contributed by atoms with Crippen LogP contribution in [-0.4, -0.2) is 14.8 Å². The molecule has 1 heterocycles. The van der Waals surface area contributed by atoms with E-state index in [2.05, 4.69) is 10.1 Å². The Bertz CT molecular complexity index is 455. The molecule has 78 valence electrons. The van der Waals surface area contributed by atoms with Gasteiger partial charge >= 0.3 is 0 Å². The molecule has 0 aliphatic heterocycles. The molecule has 0 spiro atoms. The monoisotopic (exact) mass is 207 g/mol. The van der Waals surface area contributed by atoms with Crippen molar-refractivity contribution < 1.29 is 9.13 Å². The molecule has 0 N–H and O–H groups in total. The standard InChI is InChI=1S/C10H10FN3O/c1-14-10(12-7-13-14)6-15-9-4-2-3-8(11)5-9/h2-5,7H,6H2,1H3. The largest absolute Gasteiger partial charge is 0.486 e. The second-order valence-electron chi connectivity index (χ2n) is 3.05. The summed E-state index contributed by atoms with van der Waals surface area (Å²) in [5, 5.41) is 3.90. The van der Waals surface area contributed by atoms with Gasteiger partial charge in [0.15, 0.2) is 5.82 Å². The summed E-state index contributed by atoms with van der Waals surface area (Å²) in [5.74, 6) is 0.864. The van der Waals surface area contributed by atoms with Crippen LogP contribution in [0.5, 0.6) is 5.75 Å². The topological polar surface area (TPSA) is 39.9 Å². The fourth-order valence-electron chi connectivity index (χ4n) is 1.16. The third-order valence-electron chi connectivity index (χ3n) is 1.97. The second-order valence-corrected chi connectivity index (χ2v) is 3.05. The zero-order chi connectivity index (χ0) is 10.7. The van der Waals surface area contributed by atoms with Crippen LogP contribution in [0.4, 0.5) is 4.39 Å². The van der Waals surface area contributed by atoms with Gasteiger partial charge in [0.25, 0.3) is 0 Å². The lowest BCUT2D eigenvalue weighted by molar-refractivity contribution is 0.288. The van der Waals surface area contributed by atoms with Gasteiger partial charge in [-0.1, -0.05) is 6.07 Å². The van der Waals surface area contributed by atoms with Crippen molar-refractivity contribution in [3.63, 3.8) is 0 Å². The quantitative estimate of drug-likeness (QED) is 0.766. The van der Waals surface area contributed by atoms with Gasteiger partial charge in [0.1, 0.15) is 24.5 Å². The Balaban J connectivity index is 2.02. The Labute approximate surface area is 86.3 Å². The van der Waals surface area contributed by atoms with Crippen LogP contribution in [0.15, 0.2) is 30.6 Å². The van der Waals surface area contributed by atoms with E-state index in [0.29, 0.717) is 11.6 Å². The van der Waals surface area contributed by atoms with E-state index in [4.69, 9.17) is 4.74 Å². The number of benzene rings is 1. The Morgan fingerprint density at radius 3 is 3.00 bits per heavy atom. The van der Waals surface area contributed by atoms with Crippen LogP contribution in [0.2, 0.25) is 0 Å². The third kappa shape index (κ3) is 2.31. The minimum atomic E-state index is -0.314. The van der Waals surface area contributed by atoms with Crippen LogP contribution in [0.1, 0.15) is 5.82 Å². The average molecular weight is 207 g/mol. The second kappa shape index (κ2) is 4.08. The molecule has 0 atom stereocenters. The van der Waals surface area contributed by atoms with Crippen molar-refractivity contribution in [3.05, 3.63) is 42.2 Å². The number of hydrogen-bond donors (Lipinski definition) is 0. The van der Waals surface area contributed by atoms with Gasteiger partial charge in [-0.2, -0.15) is 5.10 Å². The average Bonchev–Trinajstić information content (AvgIpc) is 2.61. The van der Waals surface area contributed by atoms with Crippen LogP contribution < -0.4 is 4.74 Å². The van der Waals surface area contributed by atoms with Gasteiger partial charge in [-0.15, -0.1) is 0 Å². The Hall–Kier alpha value is -1.91. The molecule has 0 radical (unpaired) electrons. The molecule has 1 aromatic carbocycles. The zero-order valence-electron chi connectivity index (χ0n) is 8.22. The zero-order valence-corrected chi connectivity index (χ0v) is 8.22. The first-order valence-corrected chi connectivity index (χ1v) is 4.47. The highest BCUT2D eigenvalue weighted by molar-refractivity contribution is 5.22. The molecule has 2 aromatic rings. The first kappa shape index (κ1) is 9.64. The van der Waals surface area contributed by atoms with Gasteiger partial charge < -0.3 is 4.74 Å². The predicted octanol–water partition coefficient (Wildman–Crippen LogP) is 1.53. The number of rotatable bonds is 3. The summed E-state index contributed by atoms with van der Waals surface area (Å²) >= 11 is 0. The maximum atomic E-state index is 12.8. The minimum absolute atomic E-state index is 0.278. The van der Waals surface area contributed by atoms with E-state index >= 15 is 0 Å². The third-order valence-corrected chi connectivity index (χ3v) is 1.97. The van der Waals surface area contributed by atoms with Crippen molar-refractivity contribution >= 4 is 0 Å². The number of nitrogens with zero attached hydrogens (tertiary/aromatic N) is 3. The maximum Gasteiger partial charge on any atom is 0.164 e. The van der Waals surface area contributed by atoms with Crippen molar-refractivity contribution in [3.8, 4) is 5.75 Å². The lowest BCUT2D eigenvalue weighted by Gasteiger charge is -2.04. The number of aryl methyl sites for hydroxylation is 1. The molecule has 4 nitrogen and oxygen atoms in total. The highest BCUT2D eigenvalue weighted by Gasteiger charge is 2.01. The molecular weight excluding hydrogens is 197 g/mol. The number of halogens is 1. The van der Waals surface area contributed by atoms with Crippen LogP contribution in [0.3, 0.4) is 0 Å². The van der Waals surface area contributed by atoms with Gasteiger partial charge in [-0.3, -0.25) is 4.68 Å². The maximum absolute atomic E-state index is 12.8. The SMILES string of the molecule is Cn1ncnc1COc1cccc(F)c1. The molecule has 0 fully saturated rings. The predicted molar refractivity (Wildman–Crippen MR) is 51.7 cm³/mol. The minimum Gasteiger partial charge on any atom is -0.486 e. The summed E-state index contributed by atoms with van der Waals surface area (Å²) in [6.07, 6.45) is 1.45. The molecule has 0 saturated heterocycles. The summed E-state index contributed by atoms with van der Waals surface area (Å²) in [4.78, 5) is 3.99. The van der Waals surface area contributed by atoms with Crippen LogP contribution in [-0.2, 0) is 13.7 Å². The number of hydrogen-bond acceptors (Lipinski definition) is 3. The molecule has 15 heavy (non-hydrogen) atoms. The molecule has 0 saturated carbocycles. The van der Waals surface area contributed by atoms with E-state index in [1.165, 1.54) is 18.5 Å².